The molecule has 0 aliphatic carbocycles. The molecule has 0 bridgehead atoms. The Hall–Kier alpha value is -1.14. The van der Waals surface area contributed by atoms with Crippen LogP contribution in [0.15, 0.2) is 23.1 Å². The average Bonchev–Trinajstić information content (AvgIpc) is 2.72. The molecule has 0 fully saturated rings. The molecule has 2 rings (SSSR count). The molecule has 0 unspecified atom stereocenters. The van der Waals surface area contributed by atoms with Crippen molar-refractivity contribution in [2.24, 2.45) is 0 Å². The molecule has 0 spiro atoms. The van der Waals surface area contributed by atoms with Gasteiger partial charge >= 0.3 is 0 Å². The van der Waals surface area contributed by atoms with Gasteiger partial charge in [0.25, 0.3) is 0 Å². The highest BCUT2D eigenvalue weighted by molar-refractivity contribution is 7.91. The molecule has 104 valence electrons. The van der Waals surface area contributed by atoms with Crippen LogP contribution >= 0.6 is 11.6 Å². The van der Waals surface area contributed by atoms with Crippen LogP contribution in [0.25, 0.3) is 11.0 Å². The van der Waals surface area contributed by atoms with E-state index in [0.29, 0.717) is 29.8 Å². The van der Waals surface area contributed by atoms with Crippen LogP contribution in [0.4, 0.5) is 4.39 Å². The van der Waals surface area contributed by atoms with E-state index in [1.54, 1.807) is 16.7 Å². The molecule has 0 atom stereocenters. The minimum absolute atomic E-state index is 0.157. The van der Waals surface area contributed by atoms with Gasteiger partial charge in [0.15, 0.2) is 9.84 Å². The summed E-state index contributed by atoms with van der Waals surface area (Å²) in [4.78, 5) is 4.46. The Labute approximate surface area is 116 Å². The second kappa shape index (κ2) is 5.46. The largest absolute Gasteiger partial charge is 0.327 e. The third-order valence-corrected chi connectivity index (χ3v) is 4.22. The lowest BCUT2D eigenvalue weighted by molar-refractivity contribution is 0.447. The predicted molar refractivity (Wildman–Crippen MR) is 73.0 cm³/mol. The SMILES string of the molecule is CS(=O)(=O)c1cccc2c1nc(CCl)n2CCCF. The van der Waals surface area contributed by atoms with E-state index in [4.69, 9.17) is 11.6 Å². The van der Waals surface area contributed by atoms with Gasteiger partial charge in [0.05, 0.1) is 23.0 Å². The number of aryl methyl sites for hydroxylation is 1. The molecule has 0 radical (unpaired) electrons. The fourth-order valence-electron chi connectivity index (χ4n) is 2.04. The standard InChI is InChI=1S/C12H14ClFN2O2S/c1-19(17,18)10-5-2-4-9-12(10)15-11(8-13)16(9)7-3-6-14/h2,4-5H,3,6-8H2,1H3. The second-order valence-corrected chi connectivity index (χ2v) is 6.50. The molecule has 0 saturated carbocycles. The number of imidazole rings is 1. The van der Waals surface area contributed by atoms with Crippen LogP contribution in [-0.4, -0.2) is 30.9 Å². The van der Waals surface area contributed by atoms with Crippen molar-refractivity contribution in [2.75, 3.05) is 12.9 Å². The van der Waals surface area contributed by atoms with Gasteiger partial charge in [-0.2, -0.15) is 0 Å². The summed E-state index contributed by atoms with van der Waals surface area (Å²) in [5.74, 6) is 0.714. The molecular weight excluding hydrogens is 291 g/mol. The highest BCUT2D eigenvalue weighted by Crippen LogP contribution is 2.24. The van der Waals surface area contributed by atoms with Gasteiger partial charge in [-0.3, -0.25) is 4.39 Å². The first kappa shape index (κ1) is 14.3. The first-order valence-electron chi connectivity index (χ1n) is 5.79. The van der Waals surface area contributed by atoms with Crippen LogP contribution < -0.4 is 0 Å². The molecule has 0 N–H and O–H groups in total. The van der Waals surface area contributed by atoms with E-state index in [9.17, 15) is 12.8 Å². The highest BCUT2D eigenvalue weighted by atomic mass is 35.5. The molecule has 0 amide bonds. The summed E-state index contributed by atoms with van der Waals surface area (Å²) in [6, 6.07) is 4.94. The maximum absolute atomic E-state index is 12.3. The summed E-state index contributed by atoms with van der Waals surface area (Å²) in [7, 11) is -3.35. The van der Waals surface area contributed by atoms with Crippen molar-refractivity contribution in [3.63, 3.8) is 0 Å². The van der Waals surface area contributed by atoms with Gasteiger partial charge in [-0.25, -0.2) is 13.4 Å². The molecule has 0 aliphatic rings. The van der Waals surface area contributed by atoms with Crippen molar-refractivity contribution in [1.29, 1.82) is 0 Å². The van der Waals surface area contributed by atoms with E-state index >= 15 is 0 Å². The number of halogens is 2. The molecular formula is C12H14ClFN2O2S. The predicted octanol–water partition coefficient (Wildman–Crippen LogP) is 2.54. The lowest BCUT2D eigenvalue weighted by Crippen LogP contribution is -2.03. The summed E-state index contributed by atoms with van der Waals surface area (Å²) in [5.41, 5.74) is 1.08. The molecule has 0 saturated heterocycles. The number of hydrogen-bond acceptors (Lipinski definition) is 3. The topological polar surface area (TPSA) is 52.0 Å². The molecule has 1 aromatic carbocycles. The Morgan fingerprint density at radius 1 is 1.42 bits per heavy atom. The Kier molecular flexibility index (Phi) is 4.10. The Balaban J connectivity index is 2.69. The molecule has 1 heterocycles. The van der Waals surface area contributed by atoms with Crippen molar-refractivity contribution in [3.05, 3.63) is 24.0 Å². The van der Waals surface area contributed by atoms with Gasteiger partial charge in [0.2, 0.25) is 0 Å². The number of para-hydroxylation sites is 1. The van der Waals surface area contributed by atoms with Crippen LogP contribution in [0.3, 0.4) is 0 Å². The number of alkyl halides is 2. The Morgan fingerprint density at radius 2 is 2.16 bits per heavy atom. The molecule has 0 aliphatic heterocycles. The zero-order valence-corrected chi connectivity index (χ0v) is 12.0. The number of fused-ring (bicyclic) bond motifs is 1. The lowest BCUT2D eigenvalue weighted by Gasteiger charge is -2.06. The Morgan fingerprint density at radius 3 is 2.74 bits per heavy atom. The van der Waals surface area contributed by atoms with E-state index in [1.807, 2.05) is 0 Å². The van der Waals surface area contributed by atoms with E-state index in [0.717, 1.165) is 6.26 Å². The second-order valence-electron chi connectivity index (χ2n) is 4.25. The molecule has 19 heavy (non-hydrogen) atoms. The molecule has 4 nitrogen and oxygen atoms in total. The van der Waals surface area contributed by atoms with E-state index in [2.05, 4.69) is 4.98 Å². The number of rotatable bonds is 5. The summed E-state index contributed by atoms with van der Waals surface area (Å²) >= 11 is 5.82. The zero-order valence-electron chi connectivity index (χ0n) is 10.4. The van der Waals surface area contributed by atoms with E-state index in [1.165, 1.54) is 6.07 Å². The number of hydrogen-bond donors (Lipinski definition) is 0. The number of nitrogens with zero attached hydrogens (tertiary/aromatic N) is 2. The van der Waals surface area contributed by atoms with Gasteiger partial charge < -0.3 is 4.57 Å². The molecule has 7 heteroatoms. The minimum Gasteiger partial charge on any atom is -0.327 e. The number of benzene rings is 1. The maximum atomic E-state index is 12.3. The summed E-state index contributed by atoms with van der Waals surface area (Å²) in [6.45, 7) is -0.00453. The maximum Gasteiger partial charge on any atom is 0.177 e. The smallest absolute Gasteiger partial charge is 0.177 e. The highest BCUT2D eigenvalue weighted by Gasteiger charge is 2.17. The van der Waals surface area contributed by atoms with E-state index < -0.39 is 16.5 Å². The van der Waals surface area contributed by atoms with Crippen LogP contribution in [0.5, 0.6) is 0 Å². The van der Waals surface area contributed by atoms with Crippen molar-refractivity contribution in [1.82, 2.24) is 9.55 Å². The van der Waals surface area contributed by atoms with Crippen LogP contribution in [0.1, 0.15) is 12.2 Å². The monoisotopic (exact) mass is 304 g/mol. The average molecular weight is 305 g/mol. The zero-order chi connectivity index (χ0) is 14.0. The molecule has 1 aromatic heterocycles. The van der Waals surface area contributed by atoms with Gasteiger partial charge in [0.1, 0.15) is 11.3 Å². The van der Waals surface area contributed by atoms with Crippen molar-refractivity contribution in [2.45, 2.75) is 23.7 Å². The summed E-state index contributed by atoms with van der Waals surface area (Å²) < 4.78 is 37.6. The third kappa shape index (κ3) is 2.74. The minimum atomic E-state index is -3.35. The summed E-state index contributed by atoms with van der Waals surface area (Å²) in [5, 5.41) is 0. The first-order chi connectivity index (χ1) is 8.99. The normalized spacial score (nSPS) is 12.2. The fraction of sp³-hybridized carbons (Fsp3) is 0.417. The van der Waals surface area contributed by atoms with Crippen LogP contribution in [0, 0.1) is 0 Å². The molecule has 2 aromatic rings. The Bertz CT molecular complexity index is 697. The quantitative estimate of drug-likeness (QED) is 0.798. The van der Waals surface area contributed by atoms with E-state index in [-0.39, 0.29) is 10.8 Å². The van der Waals surface area contributed by atoms with Gasteiger partial charge in [-0.15, -0.1) is 11.6 Å². The summed E-state index contributed by atoms with van der Waals surface area (Å²) in [6.07, 6.45) is 1.49. The van der Waals surface area contributed by atoms with Crippen molar-refractivity contribution >= 4 is 32.5 Å². The number of sulfone groups is 1. The first-order valence-corrected chi connectivity index (χ1v) is 8.21. The van der Waals surface area contributed by atoms with Gasteiger partial charge in [0, 0.05) is 12.8 Å². The van der Waals surface area contributed by atoms with Crippen molar-refractivity contribution < 1.29 is 12.8 Å². The van der Waals surface area contributed by atoms with Gasteiger partial charge in [-0.05, 0) is 18.6 Å². The fourth-order valence-corrected chi connectivity index (χ4v) is 3.07. The van der Waals surface area contributed by atoms with Crippen LogP contribution in [-0.2, 0) is 22.3 Å². The van der Waals surface area contributed by atoms with Crippen molar-refractivity contribution in [3.8, 4) is 0 Å². The lowest BCUT2D eigenvalue weighted by atomic mass is 10.3. The van der Waals surface area contributed by atoms with Gasteiger partial charge in [-0.1, -0.05) is 6.07 Å². The van der Waals surface area contributed by atoms with Crippen LogP contribution in [0.2, 0.25) is 0 Å². The number of aromatic nitrogens is 2. The third-order valence-electron chi connectivity index (χ3n) is 2.86.